The first-order valence-corrected chi connectivity index (χ1v) is 13.1. The van der Waals surface area contributed by atoms with Crippen molar-refractivity contribution in [1.29, 1.82) is 0 Å². The number of ether oxygens (including phenoxy) is 3. The average Bonchev–Trinajstić information content (AvgIpc) is 3.61. The second kappa shape index (κ2) is 10.4. The van der Waals surface area contributed by atoms with Gasteiger partial charge < -0.3 is 19.5 Å². The van der Waals surface area contributed by atoms with Crippen molar-refractivity contribution in [3.05, 3.63) is 80.3 Å². The van der Waals surface area contributed by atoms with Crippen LogP contribution in [-0.2, 0) is 23.8 Å². The van der Waals surface area contributed by atoms with Crippen LogP contribution < -0.4 is 5.32 Å². The number of carbonyl (C=O) groups is 3. The van der Waals surface area contributed by atoms with Gasteiger partial charge in [0.1, 0.15) is 6.61 Å². The Bertz CT molecular complexity index is 1220. The number of Topliss-reactive ketones (excluding diaryl/α,β-unsaturated/α-hetero) is 1. The summed E-state index contributed by atoms with van der Waals surface area (Å²) in [6, 6.07) is 11.0. The molecule has 188 valence electrons. The molecule has 1 fully saturated rings. The van der Waals surface area contributed by atoms with Gasteiger partial charge in [0.25, 0.3) is 0 Å². The van der Waals surface area contributed by atoms with Gasteiger partial charge in [0.2, 0.25) is 0 Å². The number of dihydropyridines is 1. The lowest BCUT2D eigenvalue weighted by Gasteiger charge is -2.36. The third-order valence-corrected chi connectivity index (χ3v) is 8.12. The molecule has 1 N–H and O–H groups in total. The van der Waals surface area contributed by atoms with Crippen LogP contribution in [0.2, 0.25) is 0 Å². The molecule has 0 bridgehead atoms. The molecule has 0 radical (unpaired) electrons. The highest BCUT2D eigenvalue weighted by atomic mass is 32.1. The van der Waals surface area contributed by atoms with E-state index in [2.05, 4.69) is 11.4 Å². The zero-order valence-corrected chi connectivity index (χ0v) is 21.2. The van der Waals surface area contributed by atoms with Crippen LogP contribution >= 0.6 is 11.3 Å². The summed E-state index contributed by atoms with van der Waals surface area (Å²) in [5.74, 6) is -1.37. The smallest absolute Gasteiger partial charge is 0.337 e. The molecule has 7 nitrogen and oxygen atoms in total. The standard InChI is InChI=1S/C28H29NO6S/c1-16-24(28(32)35-15-20-5-3-11-34-20)25(17-7-9-18(10-8-17)27(31)33-2)26-21(29-16)13-19(14-22(26)30)23-6-4-12-36-23/h4,6-10,12,19-20,25,29H,3,5,11,13-15H2,1-2H3/t19-,20+,25+/m0/s1. The topological polar surface area (TPSA) is 90.9 Å². The van der Waals surface area contributed by atoms with Crippen LogP contribution in [0.25, 0.3) is 0 Å². The van der Waals surface area contributed by atoms with E-state index in [1.807, 2.05) is 18.4 Å². The lowest BCUT2D eigenvalue weighted by Crippen LogP contribution is -2.36. The summed E-state index contributed by atoms with van der Waals surface area (Å²) < 4.78 is 16.1. The molecular formula is C28H29NO6S. The third-order valence-electron chi connectivity index (χ3n) is 7.08. The highest BCUT2D eigenvalue weighted by Crippen LogP contribution is 2.46. The summed E-state index contributed by atoms with van der Waals surface area (Å²) in [5, 5.41) is 5.40. The van der Waals surface area contributed by atoms with Crippen LogP contribution in [0.1, 0.15) is 65.2 Å². The second-order valence-corrected chi connectivity index (χ2v) is 10.4. The monoisotopic (exact) mass is 507 g/mol. The Labute approximate surface area is 214 Å². The maximum absolute atomic E-state index is 13.6. The fraction of sp³-hybridized carbons (Fsp3) is 0.393. The molecule has 0 amide bonds. The minimum absolute atomic E-state index is 0.0149. The zero-order chi connectivity index (χ0) is 25.2. The van der Waals surface area contributed by atoms with Gasteiger partial charge in [-0.3, -0.25) is 4.79 Å². The van der Waals surface area contributed by atoms with Crippen molar-refractivity contribution in [2.75, 3.05) is 20.3 Å². The quantitative estimate of drug-likeness (QED) is 0.571. The number of methoxy groups -OCH3 is 1. The maximum Gasteiger partial charge on any atom is 0.337 e. The Morgan fingerprint density at radius 3 is 2.61 bits per heavy atom. The van der Waals surface area contributed by atoms with Gasteiger partial charge in [0.05, 0.1) is 24.4 Å². The first-order chi connectivity index (χ1) is 17.5. The van der Waals surface area contributed by atoms with Crippen LogP contribution in [-0.4, -0.2) is 44.1 Å². The highest BCUT2D eigenvalue weighted by Gasteiger charge is 2.41. The van der Waals surface area contributed by atoms with Gasteiger partial charge in [-0.25, -0.2) is 9.59 Å². The van der Waals surface area contributed by atoms with Crippen molar-refractivity contribution >= 4 is 29.1 Å². The molecule has 2 aromatic rings. The molecule has 0 unspecified atom stereocenters. The van der Waals surface area contributed by atoms with Crippen LogP contribution in [0.3, 0.4) is 0 Å². The molecule has 36 heavy (non-hydrogen) atoms. The molecule has 3 aliphatic rings. The third kappa shape index (κ3) is 4.75. The van der Waals surface area contributed by atoms with E-state index < -0.39 is 17.9 Å². The van der Waals surface area contributed by atoms with E-state index in [1.54, 1.807) is 35.6 Å². The summed E-state index contributed by atoms with van der Waals surface area (Å²) in [5.41, 5.74) is 3.69. The molecule has 5 rings (SSSR count). The minimum Gasteiger partial charge on any atom is -0.465 e. The lowest BCUT2D eigenvalue weighted by atomic mass is 9.72. The molecular weight excluding hydrogens is 478 g/mol. The summed E-state index contributed by atoms with van der Waals surface area (Å²) in [6.45, 7) is 2.71. The molecule has 1 aromatic carbocycles. The maximum atomic E-state index is 13.6. The first-order valence-electron chi connectivity index (χ1n) is 12.2. The van der Waals surface area contributed by atoms with E-state index >= 15 is 0 Å². The van der Waals surface area contributed by atoms with E-state index in [1.165, 1.54) is 12.0 Å². The average molecular weight is 508 g/mol. The van der Waals surface area contributed by atoms with Gasteiger partial charge in [0, 0.05) is 46.7 Å². The van der Waals surface area contributed by atoms with Crippen molar-refractivity contribution in [2.24, 2.45) is 0 Å². The number of hydrogen-bond acceptors (Lipinski definition) is 8. The second-order valence-electron chi connectivity index (χ2n) is 9.38. The Balaban J connectivity index is 1.51. The largest absolute Gasteiger partial charge is 0.465 e. The fourth-order valence-electron chi connectivity index (χ4n) is 5.32. The molecule has 0 spiro atoms. The number of esters is 2. The fourth-order valence-corrected chi connectivity index (χ4v) is 6.15. The predicted molar refractivity (Wildman–Crippen MR) is 135 cm³/mol. The van der Waals surface area contributed by atoms with Crippen LogP contribution in [0.5, 0.6) is 0 Å². The molecule has 3 atom stereocenters. The van der Waals surface area contributed by atoms with Crippen LogP contribution in [0.15, 0.2) is 64.3 Å². The van der Waals surface area contributed by atoms with E-state index in [4.69, 9.17) is 14.2 Å². The van der Waals surface area contributed by atoms with E-state index in [9.17, 15) is 14.4 Å². The van der Waals surface area contributed by atoms with Gasteiger partial charge in [0.15, 0.2) is 5.78 Å². The summed E-state index contributed by atoms with van der Waals surface area (Å²) in [4.78, 5) is 40.2. The van der Waals surface area contributed by atoms with Gasteiger partial charge in [-0.15, -0.1) is 11.3 Å². The number of benzene rings is 1. The molecule has 3 heterocycles. The Morgan fingerprint density at radius 2 is 1.94 bits per heavy atom. The number of nitrogens with one attached hydrogen (secondary N) is 1. The highest BCUT2D eigenvalue weighted by molar-refractivity contribution is 7.10. The van der Waals surface area contributed by atoms with Gasteiger partial charge >= 0.3 is 11.9 Å². The molecule has 8 heteroatoms. The normalized spacial score (nSPS) is 23.8. The Morgan fingerprint density at radius 1 is 1.14 bits per heavy atom. The SMILES string of the molecule is COC(=O)c1ccc([C@@H]2C(C(=O)OC[C@H]3CCCO3)=C(C)NC3=C2C(=O)C[C@@H](c2cccs2)C3)cc1. The molecule has 1 saturated heterocycles. The number of ketones is 1. The number of thiophene rings is 1. The number of rotatable bonds is 6. The summed E-state index contributed by atoms with van der Waals surface area (Å²) in [7, 11) is 1.33. The first kappa shape index (κ1) is 24.5. The van der Waals surface area contributed by atoms with Crippen molar-refractivity contribution in [2.45, 2.75) is 50.5 Å². The van der Waals surface area contributed by atoms with Crippen molar-refractivity contribution in [1.82, 2.24) is 5.32 Å². The van der Waals surface area contributed by atoms with E-state index in [-0.39, 0.29) is 24.4 Å². The van der Waals surface area contributed by atoms with Gasteiger partial charge in [-0.05, 0) is 55.3 Å². The zero-order valence-electron chi connectivity index (χ0n) is 20.4. The van der Waals surface area contributed by atoms with Crippen molar-refractivity contribution in [3.8, 4) is 0 Å². The predicted octanol–water partition coefficient (Wildman–Crippen LogP) is 4.62. The number of hydrogen-bond donors (Lipinski definition) is 1. The Hall–Kier alpha value is -3.23. The Kier molecular flexibility index (Phi) is 7.07. The number of allylic oxidation sites excluding steroid dienone is 3. The molecule has 1 aromatic heterocycles. The number of carbonyl (C=O) groups excluding carboxylic acids is 3. The lowest BCUT2D eigenvalue weighted by molar-refractivity contribution is -0.142. The molecule has 1 aliphatic carbocycles. The summed E-state index contributed by atoms with van der Waals surface area (Å²) in [6.07, 6.45) is 2.79. The van der Waals surface area contributed by atoms with E-state index in [0.29, 0.717) is 41.9 Å². The summed E-state index contributed by atoms with van der Waals surface area (Å²) >= 11 is 1.65. The van der Waals surface area contributed by atoms with Crippen LogP contribution in [0.4, 0.5) is 0 Å². The van der Waals surface area contributed by atoms with Crippen molar-refractivity contribution < 1.29 is 28.6 Å². The van der Waals surface area contributed by atoms with Crippen molar-refractivity contribution in [3.63, 3.8) is 0 Å². The minimum atomic E-state index is -0.582. The molecule has 0 saturated carbocycles. The van der Waals surface area contributed by atoms with Gasteiger partial charge in [-0.1, -0.05) is 18.2 Å². The van der Waals surface area contributed by atoms with Crippen LogP contribution in [0, 0.1) is 0 Å². The van der Waals surface area contributed by atoms with Gasteiger partial charge in [-0.2, -0.15) is 0 Å². The molecule has 2 aliphatic heterocycles. The van der Waals surface area contributed by atoms with E-state index in [0.717, 1.165) is 24.1 Å².